The Morgan fingerprint density at radius 1 is 1.45 bits per heavy atom. The Hall–Kier alpha value is -1.55. The minimum absolute atomic E-state index is 0.0223. The summed E-state index contributed by atoms with van der Waals surface area (Å²) in [7, 11) is 3.47. The SMILES string of the molecule is CCNC1CCCc2ccc(OCC(=O)N(C)C)cc21. The van der Waals surface area contributed by atoms with E-state index in [1.807, 2.05) is 6.07 Å². The van der Waals surface area contributed by atoms with Crippen LogP contribution in [0.25, 0.3) is 0 Å². The first-order valence-electron chi connectivity index (χ1n) is 7.31. The van der Waals surface area contributed by atoms with Crippen LogP contribution >= 0.6 is 0 Å². The number of likely N-dealkylation sites (N-methyl/N-ethyl adjacent to an activating group) is 1. The molecule has 1 aliphatic rings. The van der Waals surface area contributed by atoms with E-state index in [0.717, 1.165) is 18.7 Å². The van der Waals surface area contributed by atoms with E-state index in [4.69, 9.17) is 4.74 Å². The van der Waals surface area contributed by atoms with Gasteiger partial charge in [0.2, 0.25) is 0 Å². The van der Waals surface area contributed by atoms with Gasteiger partial charge >= 0.3 is 0 Å². The van der Waals surface area contributed by atoms with Gasteiger partial charge in [-0.3, -0.25) is 4.79 Å². The normalized spacial score (nSPS) is 17.4. The van der Waals surface area contributed by atoms with Gasteiger partial charge in [-0.05, 0) is 49.1 Å². The summed E-state index contributed by atoms with van der Waals surface area (Å²) in [6.45, 7) is 3.19. The maximum Gasteiger partial charge on any atom is 0.259 e. The molecule has 0 heterocycles. The predicted molar refractivity (Wildman–Crippen MR) is 80.0 cm³/mol. The summed E-state index contributed by atoms with van der Waals surface area (Å²) in [5, 5.41) is 3.52. The van der Waals surface area contributed by atoms with Gasteiger partial charge in [0.25, 0.3) is 5.91 Å². The molecule has 1 amide bonds. The third-order valence-electron chi connectivity index (χ3n) is 3.74. The first-order chi connectivity index (χ1) is 9.61. The number of nitrogens with one attached hydrogen (secondary N) is 1. The molecular weight excluding hydrogens is 252 g/mol. The molecule has 0 spiro atoms. The lowest BCUT2D eigenvalue weighted by atomic mass is 9.87. The van der Waals surface area contributed by atoms with Crippen molar-refractivity contribution in [1.29, 1.82) is 0 Å². The fourth-order valence-electron chi connectivity index (χ4n) is 2.60. The Morgan fingerprint density at radius 2 is 2.25 bits per heavy atom. The van der Waals surface area contributed by atoms with Crippen LogP contribution in [0.4, 0.5) is 0 Å². The second-order valence-electron chi connectivity index (χ2n) is 5.44. The average molecular weight is 276 g/mol. The Morgan fingerprint density at radius 3 is 2.95 bits per heavy atom. The first-order valence-corrected chi connectivity index (χ1v) is 7.31. The van der Waals surface area contributed by atoms with Gasteiger partial charge in [0.05, 0.1) is 0 Å². The smallest absolute Gasteiger partial charge is 0.259 e. The molecule has 0 saturated heterocycles. The van der Waals surface area contributed by atoms with E-state index in [-0.39, 0.29) is 12.5 Å². The van der Waals surface area contributed by atoms with Crippen LogP contribution in [-0.4, -0.2) is 38.1 Å². The van der Waals surface area contributed by atoms with E-state index in [0.29, 0.717) is 6.04 Å². The molecule has 110 valence electrons. The molecule has 1 aliphatic carbocycles. The van der Waals surface area contributed by atoms with E-state index in [2.05, 4.69) is 24.4 Å². The van der Waals surface area contributed by atoms with Crippen LogP contribution < -0.4 is 10.1 Å². The van der Waals surface area contributed by atoms with Crippen molar-refractivity contribution in [1.82, 2.24) is 10.2 Å². The van der Waals surface area contributed by atoms with Crippen LogP contribution in [0.3, 0.4) is 0 Å². The predicted octanol–water partition coefficient (Wildman–Crippen LogP) is 2.14. The Kier molecular flexibility index (Phi) is 5.01. The summed E-state index contributed by atoms with van der Waals surface area (Å²) >= 11 is 0. The molecule has 0 fully saturated rings. The fourth-order valence-corrected chi connectivity index (χ4v) is 2.60. The fraction of sp³-hybridized carbons (Fsp3) is 0.562. The van der Waals surface area contributed by atoms with Gasteiger partial charge in [0.15, 0.2) is 6.61 Å². The zero-order chi connectivity index (χ0) is 14.5. The van der Waals surface area contributed by atoms with Gasteiger partial charge in [-0.2, -0.15) is 0 Å². The van der Waals surface area contributed by atoms with Gasteiger partial charge < -0.3 is 15.0 Å². The van der Waals surface area contributed by atoms with Crippen molar-refractivity contribution in [2.45, 2.75) is 32.2 Å². The number of hydrogen-bond donors (Lipinski definition) is 1. The second kappa shape index (κ2) is 6.75. The summed E-state index contributed by atoms with van der Waals surface area (Å²) in [6.07, 6.45) is 3.53. The summed E-state index contributed by atoms with van der Waals surface area (Å²) in [6, 6.07) is 6.60. The largest absolute Gasteiger partial charge is 0.484 e. The number of amides is 1. The first kappa shape index (κ1) is 14.9. The molecule has 4 nitrogen and oxygen atoms in total. The molecular formula is C16H24N2O2. The van der Waals surface area contributed by atoms with Crippen LogP contribution in [0.15, 0.2) is 18.2 Å². The molecule has 1 unspecified atom stereocenters. The van der Waals surface area contributed by atoms with Gasteiger partial charge in [-0.25, -0.2) is 0 Å². The molecule has 0 saturated carbocycles. The minimum Gasteiger partial charge on any atom is -0.484 e. The standard InChI is InChI=1S/C16H24N2O2/c1-4-17-15-7-5-6-12-8-9-13(10-14(12)15)20-11-16(19)18(2)3/h8-10,15,17H,4-7,11H2,1-3H3. The van der Waals surface area contributed by atoms with E-state index in [1.54, 1.807) is 19.0 Å². The molecule has 1 aromatic rings. The minimum atomic E-state index is -0.0223. The highest BCUT2D eigenvalue weighted by molar-refractivity contribution is 5.77. The topological polar surface area (TPSA) is 41.6 Å². The van der Waals surface area contributed by atoms with E-state index in [1.165, 1.54) is 24.0 Å². The Bertz CT molecular complexity index is 472. The quantitative estimate of drug-likeness (QED) is 0.896. The summed E-state index contributed by atoms with van der Waals surface area (Å²) in [5.41, 5.74) is 2.72. The summed E-state index contributed by atoms with van der Waals surface area (Å²) in [4.78, 5) is 13.1. The van der Waals surface area contributed by atoms with Crippen molar-refractivity contribution in [3.8, 4) is 5.75 Å². The maximum absolute atomic E-state index is 11.6. The lowest BCUT2D eigenvalue weighted by Crippen LogP contribution is -2.28. The van der Waals surface area contributed by atoms with Crippen molar-refractivity contribution in [3.05, 3.63) is 29.3 Å². The molecule has 1 aromatic carbocycles. The van der Waals surface area contributed by atoms with Crippen molar-refractivity contribution >= 4 is 5.91 Å². The molecule has 4 heteroatoms. The van der Waals surface area contributed by atoms with Crippen LogP contribution in [0.2, 0.25) is 0 Å². The highest BCUT2D eigenvalue weighted by atomic mass is 16.5. The van der Waals surface area contributed by atoms with Gasteiger partial charge in [-0.1, -0.05) is 13.0 Å². The van der Waals surface area contributed by atoms with Crippen LogP contribution in [0.5, 0.6) is 5.75 Å². The Balaban J connectivity index is 2.09. The number of ether oxygens (including phenoxy) is 1. The van der Waals surface area contributed by atoms with Crippen LogP contribution in [0.1, 0.15) is 36.9 Å². The number of carbonyl (C=O) groups is 1. The number of nitrogens with zero attached hydrogens (tertiary/aromatic N) is 1. The van der Waals surface area contributed by atoms with E-state index in [9.17, 15) is 4.79 Å². The molecule has 0 aromatic heterocycles. The number of rotatable bonds is 5. The average Bonchev–Trinajstić information content (AvgIpc) is 2.45. The molecule has 20 heavy (non-hydrogen) atoms. The van der Waals surface area contributed by atoms with Crippen molar-refractivity contribution in [2.24, 2.45) is 0 Å². The van der Waals surface area contributed by atoms with Crippen LogP contribution in [-0.2, 0) is 11.2 Å². The summed E-state index contributed by atoms with van der Waals surface area (Å²) in [5.74, 6) is 0.759. The maximum atomic E-state index is 11.6. The zero-order valence-corrected chi connectivity index (χ0v) is 12.6. The number of aryl methyl sites for hydroxylation is 1. The lowest BCUT2D eigenvalue weighted by molar-refractivity contribution is -0.130. The number of hydrogen-bond acceptors (Lipinski definition) is 3. The molecule has 1 N–H and O–H groups in total. The lowest BCUT2D eigenvalue weighted by Gasteiger charge is -2.26. The molecule has 0 aliphatic heterocycles. The van der Waals surface area contributed by atoms with Crippen molar-refractivity contribution in [2.75, 3.05) is 27.2 Å². The number of benzene rings is 1. The molecule has 2 rings (SSSR count). The van der Waals surface area contributed by atoms with Gasteiger partial charge in [-0.15, -0.1) is 0 Å². The second-order valence-corrected chi connectivity index (χ2v) is 5.44. The highest BCUT2D eigenvalue weighted by Gasteiger charge is 2.20. The monoisotopic (exact) mass is 276 g/mol. The molecule has 0 bridgehead atoms. The molecule has 0 radical (unpaired) electrons. The van der Waals surface area contributed by atoms with Gasteiger partial charge in [0.1, 0.15) is 5.75 Å². The molecule has 1 atom stereocenters. The zero-order valence-electron chi connectivity index (χ0n) is 12.6. The van der Waals surface area contributed by atoms with E-state index >= 15 is 0 Å². The van der Waals surface area contributed by atoms with Crippen LogP contribution in [0, 0.1) is 0 Å². The van der Waals surface area contributed by atoms with Gasteiger partial charge in [0, 0.05) is 20.1 Å². The van der Waals surface area contributed by atoms with E-state index < -0.39 is 0 Å². The number of fused-ring (bicyclic) bond motifs is 1. The third-order valence-corrected chi connectivity index (χ3v) is 3.74. The third kappa shape index (κ3) is 3.51. The summed E-state index contributed by atoms with van der Waals surface area (Å²) < 4.78 is 5.60. The van der Waals surface area contributed by atoms with Crippen molar-refractivity contribution < 1.29 is 9.53 Å². The number of carbonyl (C=O) groups excluding carboxylic acids is 1. The van der Waals surface area contributed by atoms with Crippen molar-refractivity contribution in [3.63, 3.8) is 0 Å². The highest BCUT2D eigenvalue weighted by Crippen LogP contribution is 2.32. The Labute approximate surface area is 121 Å².